The molecule has 0 bridgehead atoms. The zero-order valence-corrected chi connectivity index (χ0v) is 16.4. The fourth-order valence-corrected chi connectivity index (χ4v) is 2.46. The van der Waals surface area contributed by atoms with Gasteiger partial charge in [-0.05, 0) is 30.7 Å². The topological polar surface area (TPSA) is 114 Å². The number of rotatable bonds is 7. The highest BCUT2D eigenvalue weighted by Gasteiger charge is 2.13. The number of nitrogens with one attached hydrogen (secondary N) is 3. The Morgan fingerprint density at radius 1 is 0.897 bits per heavy atom. The molecule has 0 heterocycles. The molecule has 2 aromatic carbocycles. The van der Waals surface area contributed by atoms with E-state index in [1.807, 2.05) is 19.1 Å². The van der Waals surface area contributed by atoms with Gasteiger partial charge in [0, 0.05) is 12.1 Å². The van der Waals surface area contributed by atoms with Crippen LogP contribution in [-0.2, 0) is 19.1 Å². The zero-order valence-electron chi connectivity index (χ0n) is 15.7. The van der Waals surface area contributed by atoms with Crippen LogP contribution in [-0.4, -0.2) is 30.3 Å². The number of para-hydroxylation sites is 1. The third-order valence-corrected chi connectivity index (χ3v) is 4.10. The summed E-state index contributed by atoms with van der Waals surface area (Å²) in [6.45, 7) is 1.26. The molecule has 0 radical (unpaired) electrons. The maximum absolute atomic E-state index is 11.9. The first-order valence-electron chi connectivity index (χ1n) is 8.71. The predicted molar refractivity (Wildman–Crippen MR) is 107 cm³/mol. The van der Waals surface area contributed by atoms with Gasteiger partial charge < -0.3 is 10.1 Å². The quantitative estimate of drug-likeness (QED) is 0.472. The van der Waals surface area contributed by atoms with Crippen LogP contribution in [0.3, 0.4) is 0 Å². The summed E-state index contributed by atoms with van der Waals surface area (Å²) in [5.74, 6) is -2.39. The molecule has 0 fully saturated rings. The Morgan fingerprint density at radius 2 is 1.59 bits per heavy atom. The molecule has 3 amide bonds. The molecule has 0 aliphatic rings. The van der Waals surface area contributed by atoms with Crippen molar-refractivity contribution in [2.24, 2.45) is 0 Å². The molecule has 0 unspecified atom stereocenters. The van der Waals surface area contributed by atoms with E-state index in [9.17, 15) is 19.2 Å². The van der Waals surface area contributed by atoms with Crippen molar-refractivity contribution in [3.63, 3.8) is 0 Å². The number of carbonyl (C=O) groups excluding carboxylic acids is 4. The zero-order chi connectivity index (χ0) is 21.2. The maximum atomic E-state index is 11.9. The fourth-order valence-electron chi connectivity index (χ4n) is 2.23. The number of halogens is 1. The lowest BCUT2D eigenvalue weighted by atomic mass is 10.2. The number of amides is 3. The minimum absolute atomic E-state index is 0.0853. The summed E-state index contributed by atoms with van der Waals surface area (Å²) in [5, 5.41) is 2.93. The molecule has 0 aromatic heterocycles. The standard InChI is InChI=1S/C20H20ClN3O5/c1-13-6-2-5-9-16(13)22-17(25)10-11-19(27)29-12-18(26)23-24-20(28)14-7-3-4-8-15(14)21/h2-9H,10-12H2,1H3,(H,22,25)(H,23,26)(H,24,28). The van der Waals surface area contributed by atoms with Crippen LogP contribution in [0.25, 0.3) is 0 Å². The number of carbonyl (C=O) groups is 4. The van der Waals surface area contributed by atoms with Crippen molar-refractivity contribution in [2.75, 3.05) is 11.9 Å². The Bertz CT molecular complexity index is 916. The molecule has 0 spiro atoms. The fraction of sp³-hybridized carbons (Fsp3) is 0.200. The Hall–Kier alpha value is -3.39. The van der Waals surface area contributed by atoms with Gasteiger partial charge in [-0.25, -0.2) is 0 Å². The third kappa shape index (κ3) is 7.27. The summed E-state index contributed by atoms with van der Waals surface area (Å²) in [6, 6.07) is 13.6. The summed E-state index contributed by atoms with van der Waals surface area (Å²) in [6.07, 6.45) is -0.269. The van der Waals surface area contributed by atoms with Gasteiger partial charge in [0.05, 0.1) is 17.0 Å². The van der Waals surface area contributed by atoms with E-state index in [1.165, 1.54) is 12.1 Å². The molecule has 2 aromatic rings. The predicted octanol–water partition coefficient (Wildman–Crippen LogP) is 2.37. The van der Waals surface area contributed by atoms with Gasteiger partial charge >= 0.3 is 5.97 Å². The molecular weight excluding hydrogens is 398 g/mol. The van der Waals surface area contributed by atoms with Crippen LogP contribution in [0.15, 0.2) is 48.5 Å². The van der Waals surface area contributed by atoms with E-state index in [-0.39, 0.29) is 29.3 Å². The van der Waals surface area contributed by atoms with Crippen molar-refractivity contribution < 1.29 is 23.9 Å². The SMILES string of the molecule is Cc1ccccc1NC(=O)CCC(=O)OCC(=O)NNC(=O)c1ccccc1Cl. The van der Waals surface area contributed by atoms with Gasteiger partial charge in [-0.1, -0.05) is 41.9 Å². The monoisotopic (exact) mass is 417 g/mol. The van der Waals surface area contributed by atoms with Gasteiger partial charge in [-0.2, -0.15) is 0 Å². The van der Waals surface area contributed by atoms with Gasteiger partial charge in [0.2, 0.25) is 5.91 Å². The molecule has 0 aliphatic carbocycles. The number of hydrazine groups is 1. The lowest BCUT2D eigenvalue weighted by Gasteiger charge is -2.09. The normalized spacial score (nSPS) is 10.0. The lowest BCUT2D eigenvalue weighted by molar-refractivity contribution is -0.149. The number of hydrogen-bond acceptors (Lipinski definition) is 5. The van der Waals surface area contributed by atoms with Crippen molar-refractivity contribution >= 4 is 41.0 Å². The lowest BCUT2D eigenvalue weighted by Crippen LogP contribution is -2.43. The van der Waals surface area contributed by atoms with Crippen molar-refractivity contribution in [2.45, 2.75) is 19.8 Å². The largest absolute Gasteiger partial charge is 0.455 e. The molecule has 0 aliphatic heterocycles. The van der Waals surface area contributed by atoms with Crippen LogP contribution in [0.2, 0.25) is 5.02 Å². The Morgan fingerprint density at radius 3 is 2.31 bits per heavy atom. The minimum atomic E-state index is -0.733. The molecule has 0 saturated carbocycles. The Kier molecular flexibility index (Phi) is 8.17. The van der Waals surface area contributed by atoms with Gasteiger partial charge in [0.15, 0.2) is 6.61 Å². The van der Waals surface area contributed by atoms with Gasteiger partial charge in [0.1, 0.15) is 0 Å². The van der Waals surface area contributed by atoms with Gasteiger partial charge in [-0.15, -0.1) is 0 Å². The number of benzene rings is 2. The van der Waals surface area contributed by atoms with Crippen LogP contribution in [0.5, 0.6) is 0 Å². The van der Waals surface area contributed by atoms with Crippen LogP contribution < -0.4 is 16.2 Å². The highest BCUT2D eigenvalue weighted by atomic mass is 35.5. The Balaban J connectivity index is 1.66. The van der Waals surface area contributed by atoms with E-state index in [0.717, 1.165) is 5.56 Å². The highest BCUT2D eigenvalue weighted by Crippen LogP contribution is 2.14. The first kappa shape index (κ1) is 21.9. The van der Waals surface area contributed by atoms with E-state index in [2.05, 4.69) is 16.2 Å². The molecule has 0 saturated heterocycles. The summed E-state index contributed by atoms with van der Waals surface area (Å²) in [7, 11) is 0. The van der Waals surface area contributed by atoms with Gasteiger partial charge in [0.25, 0.3) is 11.8 Å². The molecule has 29 heavy (non-hydrogen) atoms. The molecule has 9 heteroatoms. The summed E-state index contributed by atoms with van der Waals surface area (Å²) >= 11 is 5.88. The van der Waals surface area contributed by atoms with Crippen LogP contribution in [0, 0.1) is 6.92 Å². The van der Waals surface area contributed by atoms with Crippen molar-refractivity contribution in [1.82, 2.24) is 10.9 Å². The van der Waals surface area contributed by atoms with Crippen LogP contribution in [0.1, 0.15) is 28.8 Å². The van der Waals surface area contributed by atoms with E-state index in [1.54, 1.807) is 24.3 Å². The average molecular weight is 418 g/mol. The molecule has 2 rings (SSSR count). The number of hydrogen-bond donors (Lipinski definition) is 3. The van der Waals surface area contributed by atoms with Crippen molar-refractivity contribution in [3.8, 4) is 0 Å². The second kappa shape index (κ2) is 10.8. The molecular formula is C20H20ClN3O5. The minimum Gasteiger partial charge on any atom is -0.455 e. The van der Waals surface area contributed by atoms with E-state index < -0.39 is 24.4 Å². The van der Waals surface area contributed by atoms with E-state index in [0.29, 0.717) is 5.69 Å². The summed E-state index contributed by atoms with van der Waals surface area (Å²) in [4.78, 5) is 47.1. The Labute approximate surface area is 172 Å². The van der Waals surface area contributed by atoms with Crippen molar-refractivity contribution in [3.05, 3.63) is 64.7 Å². The highest BCUT2D eigenvalue weighted by molar-refractivity contribution is 6.33. The smallest absolute Gasteiger partial charge is 0.306 e. The molecule has 0 atom stereocenters. The number of aryl methyl sites for hydroxylation is 1. The average Bonchev–Trinajstić information content (AvgIpc) is 2.71. The number of anilines is 1. The van der Waals surface area contributed by atoms with E-state index >= 15 is 0 Å². The van der Waals surface area contributed by atoms with Gasteiger partial charge in [-0.3, -0.25) is 30.0 Å². The van der Waals surface area contributed by atoms with Crippen LogP contribution >= 0.6 is 11.6 Å². The summed E-state index contributed by atoms with van der Waals surface area (Å²) < 4.78 is 4.78. The van der Waals surface area contributed by atoms with Crippen molar-refractivity contribution in [1.29, 1.82) is 0 Å². The number of esters is 1. The molecule has 8 nitrogen and oxygen atoms in total. The van der Waals surface area contributed by atoms with E-state index in [4.69, 9.17) is 16.3 Å². The number of ether oxygens (including phenoxy) is 1. The maximum Gasteiger partial charge on any atom is 0.306 e. The first-order chi connectivity index (χ1) is 13.9. The first-order valence-corrected chi connectivity index (χ1v) is 9.09. The molecule has 3 N–H and O–H groups in total. The molecule has 152 valence electrons. The second-order valence-corrected chi connectivity index (χ2v) is 6.41. The third-order valence-electron chi connectivity index (χ3n) is 3.77. The summed E-state index contributed by atoms with van der Waals surface area (Å²) in [5.41, 5.74) is 6.04. The van der Waals surface area contributed by atoms with Crippen LogP contribution in [0.4, 0.5) is 5.69 Å². The second-order valence-electron chi connectivity index (χ2n) is 6.01.